The average molecular weight is 294 g/mol. The number of benzene rings is 1. The summed E-state index contributed by atoms with van der Waals surface area (Å²) in [6, 6.07) is 4.99. The van der Waals surface area contributed by atoms with Crippen LogP contribution in [0.5, 0.6) is 0 Å². The summed E-state index contributed by atoms with van der Waals surface area (Å²) in [5.74, 6) is -0.539. The molecule has 21 heavy (non-hydrogen) atoms. The number of rotatable bonds is 5. The Morgan fingerprint density at radius 3 is 2.57 bits per heavy atom. The molecule has 0 bridgehead atoms. The summed E-state index contributed by atoms with van der Waals surface area (Å²) in [6.45, 7) is 5.01. The van der Waals surface area contributed by atoms with Gasteiger partial charge in [-0.1, -0.05) is 12.1 Å². The van der Waals surface area contributed by atoms with Crippen molar-refractivity contribution in [2.45, 2.75) is 44.7 Å². The van der Waals surface area contributed by atoms with Gasteiger partial charge in [0.25, 0.3) is 0 Å². The molecule has 2 aliphatic rings. The van der Waals surface area contributed by atoms with Gasteiger partial charge in [0.2, 0.25) is 0 Å². The Morgan fingerprint density at radius 2 is 1.90 bits per heavy atom. The Kier molecular flexibility index (Phi) is 4.55. The molecule has 1 N–H and O–H groups in total. The minimum absolute atomic E-state index is 0.0647. The average Bonchev–Trinajstić information content (AvgIpc) is 3.32. The van der Waals surface area contributed by atoms with Crippen molar-refractivity contribution in [2.24, 2.45) is 5.92 Å². The van der Waals surface area contributed by atoms with Crippen LogP contribution in [0.2, 0.25) is 0 Å². The van der Waals surface area contributed by atoms with Gasteiger partial charge < -0.3 is 5.32 Å². The molecule has 0 spiro atoms. The summed E-state index contributed by atoms with van der Waals surface area (Å²) in [4.78, 5) is 2.26. The molecule has 3 rings (SSSR count). The van der Waals surface area contributed by atoms with E-state index in [1.807, 2.05) is 6.92 Å². The summed E-state index contributed by atoms with van der Waals surface area (Å²) in [7, 11) is 0. The van der Waals surface area contributed by atoms with Crippen molar-refractivity contribution in [3.8, 4) is 0 Å². The fourth-order valence-corrected chi connectivity index (χ4v) is 3.19. The predicted octanol–water partition coefficient (Wildman–Crippen LogP) is 3.49. The van der Waals surface area contributed by atoms with E-state index in [9.17, 15) is 8.78 Å². The SMILES string of the molecule is CC(c1cccc(F)c1F)N1CCC(NCC2CC2)CC1. The first-order valence-corrected chi connectivity index (χ1v) is 8.06. The van der Waals surface area contributed by atoms with Crippen LogP contribution >= 0.6 is 0 Å². The molecule has 1 heterocycles. The maximum atomic E-state index is 13.9. The second-order valence-electron chi connectivity index (χ2n) is 6.48. The molecule has 1 aromatic rings. The van der Waals surface area contributed by atoms with Gasteiger partial charge in [0.05, 0.1) is 0 Å². The lowest BCUT2D eigenvalue weighted by Gasteiger charge is -2.36. The first kappa shape index (κ1) is 14.9. The minimum Gasteiger partial charge on any atom is -0.314 e. The van der Waals surface area contributed by atoms with Crippen LogP contribution < -0.4 is 5.32 Å². The highest BCUT2D eigenvalue weighted by molar-refractivity contribution is 5.22. The van der Waals surface area contributed by atoms with Crippen molar-refractivity contribution in [3.05, 3.63) is 35.4 Å². The van der Waals surface area contributed by atoms with Gasteiger partial charge in [-0.3, -0.25) is 4.90 Å². The zero-order valence-corrected chi connectivity index (χ0v) is 12.6. The summed E-state index contributed by atoms with van der Waals surface area (Å²) in [5, 5.41) is 3.64. The van der Waals surface area contributed by atoms with Crippen LogP contribution in [0.4, 0.5) is 8.78 Å². The lowest BCUT2D eigenvalue weighted by atomic mass is 9.99. The predicted molar refractivity (Wildman–Crippen MR) is 80.1 cm³/mol. The molecule has 1 unspecified atom stereocenters. The van der Waals surface area contributed by atoms with E-state index >= 15 is 0 Å². The quantitative estimate of drug-likeness (QED) is 0.894. The number of hydrogen-bond donors (Lipinski definition) is 1. The molecule has 1 atom stereocenters. The molecule has 1 aromatic carbocycles. The topological polar surface area (TPSA) is 15.3 Å². The highest BCUT2D eigenvalue weighted by atomic mass is 19.2. The first-order valence-electron chi connectivity index (χ1n) is 8.06. The van der Waals surface area contributed by atoms with Gasteiger partial charge in [0.1, 0.15) is 0 Å². The first-order chi connectivity index (χ1) is 10.1. The van der Waals surface area contributed by atoms with Gasteiger partial charge in [-0.2, -0.15) is 0 Å². The molecule has 116 valence electrons. The van der Waals surface area contributed by atoms with Crippen LogP contribution in [-0.4, -0.2) is 30.6 Å². The Morgan fingerprint density at radius 1 is 1.19 bits per heavy atom. The van der Waals surface area contributed by atoms with Crippen LogP contribution in [0.25, 0.3) is 0 Å². The number of nitrogens with one attached hydrogen (secondary N) is 1. The molecule has 1 aliphatic heterocycles. The van der Waals surface area contributed by atoms with Crippen LogP contribution in [0.15, 0.2) is 18.2 Å². The van der Waals surface area contributed by atoms with Crippen molar-refractivity contribution in [1.29, 1.82) is 0 Å². The molecule has 0 amide bonds. The normalized spacial score (nSPS) is 22.4. The number of nitrogens with zero attached hydrogens (tertiary/aromatic N) is 1. The molecule has 1 aliphatic carbocycles. The lowest BCUT2D eigenvalue weighted by Crippen LogP contribution is -2.44. The number of hydrogen-bond acceptors (Lipinski definition) is 2. The zero-order chi connectivity index (χ0) is 14.8. The molecule has 0 aromatic heterocycles. The van der Waals surface area contributed by atoms with Gasteiger partial charge in [0.15, 0.2) is 11.6 Å². The Bertz CT molecular complexity index is 480. The highest BCUT2D eigenvalue weighted by Crippen LogP contribution is 2.29. The van der Waals surface area contributed by atoms with E-state index in [4.69, 9.17) is 0 Å². The van der Waals surface area contributed by atoms with Crippen molar-refractivity contribution >= 4 is 0 Å². The summed E-state index contributed by atoms with van der Waals surface area (Å²) >= 11 is 0. The van der Waals surface area contributed by atoms with Crippen LogP contribution in [0, 0.1) is 17.6 Å². The van der Waals surface area contributed by atoms with E-state index in [0.29, 0.717) is 11.6 Å². The van der Waals surface area contributed by atoms with Crippen molar-refractivity contribution in [1.82, 2.24) is 10.2 Å². The number of halogens is 2. The molecule has 2 nitrogen and oxygen atoms in total. The largest absolute Gasteiger partial charge is 0.314 e. The van der Waals surface area contributed by atoms with E-state index in [-0.39, 0.29) is 6.04 Å². The van der Waals surface area contributed by atoms with Crippen LogP contribution in [-0.2, 0) is 0 Å². The molecule has 4 heteroatoms. The van der Waals surface area contributed by atoms with Gasteiger partial charge in [-0.05, 0) is 51.1 Å². The van der Waals surface area contributed by atoms with E-state index in [0.717, 1.165) is 38.4 Å². The fraction of sp³-hybridized carbons (Fsp3) is 0.647. The fourth-order valence-electron chi connectivity index (χ4n) is 3.19. The zero-order valence-electron chi connectivity index (χ0n) is 12.6. The second-order valence-corrected chi connectivity index (χ2v) is 6.48. The second kappa shape index (κ2) is 6.41. The maximum absolute atomic E-state index is 13.9. The molecule has 1 saturated heterocycles. The smallest absolute Gasteiger partial charge is 0.163 e. The van der Waals surface area contributed by atoms with E-state index in [1.54, 1.807) is 12.1 Å². The summed E-state index contributed by atoms with van der Waals surface area (Å²) < 4.78 is 27.2. The van der Waals surface area contributed by atoms with Gasteiger partial charge in [-0.15, -0.1) is 0 Å². The standard InChI is InChI=1S/C17H24F2N2/c1-12(15-3-2-4-16(18)17(15)19)21-9-7-14(8-10-21)20-11-13-5-6-13/h2-4,12-14,20H,5-11H2,1H3. The molecular weight excluding hydrogens is 270 g/mol. The summed E-state index contributed by atoms with van der Waals surface area (Å²) in [6.07, 6.45) is 4.94. The maximum Gasteiger partial charge on any atom is 0.163 e. The third-order valence-electron chi connectivity index (χ3n) is 4.90. The van der Waals surface area contributed by atoms with E-state index in [1.165, 1.54) is 18.9 Å². The lowest BCUT2D eigenvalue weighted by molar-refractivity contribution is 0.149. The van der Waals surface area contributed by atoms with Gasteiger partial charge >= 0.3 is 0 Å². The number of likely N-dealkylation sites (tertiary alicyclic amines) is 1. The molecule has 1 saturated carbocycles. The van der Waals surface area contributed by atoms with Gasteiger partial charge in [-0.25, -0.2) is 8.78 Å². The monoisotopic (exact) mass is 294 g/mol. The highest BCUT2D eigenvalue weighted by Gasteiger charge is 2.27. The van der Waals surface area contributed by atoms with E-state index < -0.39 is 11.6 Å². The summed E-state index contributed by atoms with van der Waals surface area (Å²) in [5.41, 5.74) is 0.472. The minimum atomic E-state index is -0.750. The van der Waals surface area contributed by atoms with Crippen molar-refractivity contribution < 1.29 is 8.78 Å². The van der Waals surface area contributed by atoms with Crippen LogP contribution in [0.3, 0.4) is 0 Å². The van der Waals surface area contributed by atoms with E-state index in [2.05, 4.69) is 10.2 Å². The number of piperidine rings is 1. The molecular formula is C17H24F2N2. The van der Waals surface area contributed by atoms with Crippen molar-refractivity contribution in [2.75, 3.05) is 19.6 Å². The molecule has 0 radical (unpaired) electrons. The third-order valence-corrected chi connectivity index (χ3v) is 4.90. The Hall–Kier alpha value is -1.00. The van der Waals surface area contributed by atoms with Crippen molar-refractivity contribution in [3.63, 3.8) is 0 Å². The molecule has 2 fully saturated rings. The van der Waals surface area contributed by atoms with Crippen LogP contribution in [0.1, 0.15) is 44.2 Å². The Labute approximate surface area is 125 Å². The third kappa shape index (κ3) is 3.61. The van der Waals surface area contributed by atoms with Gasteiger partial charge in [0, 0.05) is 30.7 Å². The Balaban J connectivity index is 1.54.